The molecule has 0 fully saturated rings. The van der Waals surface area contributed by atoms with E-state index in [0.29, 0.717) is 17.8 Å². The van der Waals surface area contributed by atoms with Crippen LogP contribution in [0.1, 0.15) is 16.8 Å². The SMILES string of the molecule is Nc1ccc(C(=O)N2CCCNc3ccccc32)cc1. The smallest absolute Gasteiger partial charge is 0.258 e. The summed E-state index contributed by atoms with van der Waals surface area (Å²) < 4.78 is 0. The van der Waals surface area contributed by atoms with Crippen LogP contribution in [0.5, 0.6) is 0 Å². The van der Waals surface area contributed by atoms with Gasteiger partial charge in [0, 0.05) is 24.3 Å². The fraction of sp³-hybridized carbons (Fsp3) is 0.188. The Morgan fingerprint density at radius 2 is 1.85 bits per heavy atom. The van der Waals surface area contributed by atoms with Gasteiger partial charge in [-0.25, -0.2) is 0 Å². The second kappa shape index (κ2) is 5.25. The fourth-order valence-electron chi connectivity index (χ4n) is 2.43. The summed E-state index contributed by atoms with van der Waals surface area (Å²) in [7, 11) is 0. The molecule has 1 amide bonds. The molecule has 1 aliphatic heterocycles. The maximum atomic E-state index is 12.7. The monoisotopic (exact) mass is 267 g/mol. The molecular weight excluding hydrogens is 250 g/mol. The van der Waals surface area contributed by atoms with Gasteiger partial charge in [-0.3, -0.25) is 4.79 Å². The third kappa shape index (κ3) is 2.32. The minimum atomic E-state index is 0.0150. The number of carbonyl (C=O) groups excluding carboxylic acids is 1. The highest BCUT2D eigenvalue weighted by atomic mass is 16.2. The van der Waals surface area contributed by atoms with Crippen molar-refractivity contribution in [2.45, 2.75) is 6.42 Å². The molecule has 0 atom stereocenters. The molecule has 1 heterocycles. The van der Waals surface area contributed by atoms with Crippen molar-refractivity contribution in [1.29, 1.82) is 0 Å². The lowest BCUT2D eigenvalue weighted by Gasteiger charge is -2.22. The van der Waals surface area contributed by atoms with Crippen LogP contribution in [0.15, 0.2) is 48.5 Å². The molecule has 4 nitrogen and oxygen atoms in total. The molecule has 0 aromatic heterocycles. The number of nitrogens with two attached hydrogens (primary N) is 1. The maximum Gasteiger partial charge on any atom is 0.258 e. The summed E-state index contributed by atoms with van der Waals surface area (Å²) in [5.41, 5.74) is 8.95. The summed E-state index contributed by atoms with van der Waals surface area (Å²) in [4.78, 5) is 14.5. The molecule has 0 spiro atoms. The number of nitrogens with one attached hydrogen (secondary N) is 1. The number of carbonyl (C=O) groups is 1. The zero-order valence-electron chi connectivity index (χ0n) is 11.2. The molecule has 0 saturated heterocycles. The van der Waals surface area contributed by atoms with Crippen molar-refractivity contribution in [3.63, 3.8) is 0 Å². The van der Waals surface area contributed by atoms with Crippen molar-refractivity contribution in [3.05, 3.63) is 54.1 Å². The Kier molecular flexibility index (Phi) is 3.29. The highest BCUT2D eigenvalue weighted by Gasteiger charge is 2.21. The number of hydrogen-bond acceptors (Lipinski definition) is 3. The number of hydrogen-bond donors (Lipinski definition) is 2. The van der Waals surface area contributed by atoms with Crippen LogP contribution in [0.2, 0.25) is 0 Å². The van der Waals surface area contributed by atoms with E-state index in [2.05, 4.69) is 5.32 Å². The molecule has 2 aromatic carbocycles. The van der Waals surface area contributed by atoms with Crippen molar-refractivity contribution in [1.82, 2.24) is 0 Å². The number of benzene rings is 2. The van der Waals surface area contributed by atoms with Crippen LogP contribution in [-0.2, 0) is 0 Å². The highest BCUT2D eigenvalue weighted by Crippen LogP contribution is 2.29. The molecule has 3 N–H and O–H groups in total. The van der Waals surface area contributed by atoms with E-state index in [9.17, 15) is 4.79 Å². The highest BCUT2D eigenvalue weighted by molar-refractivity contribution is 6.08. The Labute approximate surface area is 118 Å². The summed E-state index contributed by atoms with van der Waals surface area (Å²) in [6.07, 6.45) is 0.926. The number of fused-ring (bicyclic) bond motifs is 1. The number of nitrogen functional groups attached to an aromatic ring is 1. The van der Waals surface area contributed by atoms with Crippen LogP contribution in [0.4, 0.5) is 17.1 Å². The van der Waals surface area contributed by atoms with Gasteiger partial charge in [-0.1, -0.05) is 12.1 Å². The molecule has 102 valence electrons. The summed E-state index contributed by atoms with van der Waals surface area (Å²) >= 11 is 0. The molecule has 3 rings (SSSR count). The van der Waals surface area contributed by atoms with Gasteiger partial charge in [-0.15, -0.1) is 0 Å². The van der Waals surface area contributed by atoms with Crippen LogP contribution >= 0.6 is 0 Å². The van der Waals surface area contributed by atoms with Gasteiger partial charge >= 0.3 is 0 Å². The van der Waals surface area contributed by atoms with Crippen LogP contribution in [-0.4, -0.2) is 19.0 Å². The van der Waals surface area contributed by atoms with E-state index in [0.717, 1.165) is 24.3 Å². The molecule has 0 aliphatic carbocycles. The zero-order valence-corrected chi connectivity index (χ0v) is 11.2. The largest absolute Gasteiger partial charge is 0.399 e. The Bertz CT molecular complexity index is 622. The zero-order chi connectivity index (χ0) is 13.9. The van der Waals surface area contributed by atoms with Crippen LogP contribution < -0.4 is 16.0 Å². The number of nitrogens with zero attached hydrogens (tertiary/aromatic N) is 1. The van der Waals surface area contributed by atoms with Crippen LogP contribution in [0, 0.1) is 0 Å². The van der Waals surface area contributed by atoms with Gasteiger partial charge in [0.1, 0.15) is 0 Å². The molecule has 1 aliphatic rings. The first-order chi connectivity index (χ1) is 9.75. The van der Waals surface area contributed by atoms with E-state index in [1.54, 1.807) is 24.3 Å². The third-order valence-corrected chi connectivity index (χ3v) is 3.47. The van der Waals surface area contributed by atoms with Gasteiger partial charge in [0.25, 0.3) is 5.91 Å². The lowest BCUT2D eigenvalue weighted by Crippen LogP contribution is -2.31. The standard InChI is InChI=1S/C16H17N3O/c17-13-8-6-12(7-9-13)16(20)19-11-3-10-18-14-4-1-2-5-15(14)19/h1-2,4-9,18H,3,10-11,17H2. The summed E-state index contributed by atoms with van der Waals surface area (Å²) in [6, 6.07) is 15.0. The third-order valence-electron chi connectivity index (χ3n) is 3.47. The van der Waals surface area contributed by atoms with E-state index in [1.165, 1.54) is 0 Å². The number of anilines is 3. The first kappa shape index (κ1) is 12.5. The van der Waals surface area contributed by atoms with E-state index in [1.807, 2.05) is 29.2 Å². The average Bonchev–Trinajstić information content (AvgIpc) is 2.69. The second-order valence-electron chi connectivity index (χ2n) is 4.88. The molecule has 0 bridgehead atoms. The molecule has 20 heavy (non-hydrogen) atoms. The van der Waals surface area contributed by atoms with Crippen molar-refractivity contribution < 1.29 is 4.79 Å². The van der Waals surface area contributed by atoms with Gasteiger partial charge < -0.3 is 16.0 Å². The summed E-state index contributed by atoms with van der Waals surface area (Å²) in [5, 5.41) is 3.36. The quantitative estimate of drug-likeness (QED) is 0.781. The van der Waals surface area contributed by atoms with Crippen molar-refractivity contribution in [2.75, 3.05) is 29.0 Å². The van der Waals surface area contributed by atoms with E-state index in [-0.39, 0.29) is 5.91 Å². The summed E-state index contributed by atoms with van der Waals surface area (Å²) in [6.45, 7) is 1.59. The van der Waals surface area contributed by atoms with Gasteiger partial charge in [-0.2, -0.15) is 0 Å². The molecule has 0 unspecified atom stereocenters. The van der Waals surface area contributed by atoms with E-state index >= 15 is 0 Å². The lowest BCUT2D eigenvalue weighted by atomic mass is 10.1. The molecule has 2 aromatic rings. The average molecular weight is 267 g/mol. The molecule has 4 heteroatoms. The first-order valence-electron chi connectivity index (χ1n) is 6.76. The minimum Gasteiger partial charge on any atom is -0.399 e. The van der Waals surface area contributed by atoms with Gasteiger partial charge in [0.05, 0.1) is 11.4 Å². The van der Waals surface area contributed by atoms with E-state index < -0.39 is 0 Å². The number of rotatable bonds is 1. The van der Waals surface area contributed by atoms with Gasteiger partial charge in [0.2, 0.25) is 0 Å². The number of para-hydroxylation sites is 2. The topological polar surface area (TPSA) is 58.4 Å². The predicted octanol–water partition coefficient (Wildman–Crippen LogP) is 2.73. The fourth-order valence-corrected chi connectivity index (χ4v) is 2.43. The van der Waals surface area contributed by atoms with Crippen LogP contribution in [0.3, 0.4) is 0 Å². The number of amides is 1. The summed E-state index contributed by atoms with van der Waals surface area (Å²) in [5.74, 6) is 0.0150. The maximum absolute atomic E-state index is 12.7. The van der Waals surface area contributed by atoms with Crippen molar-refractivity contribution >= 4 is 23.0 Å². The van der Waals surface area contributed by atoms with Crippen LogP contribution in [0.25, 0.3) is 0 Å². The Morgan fingerprint density at radius 3 is 2.65 bits per heavy atom. The molecule has 0 radical (unpaired) electrons. The molecular formula is C16H17N3O. The minimum absolute atomic E-state index is 0.0150. The second-order valence-corrected chi connectivity index (χ2v) is 4.88. The van der Waals surface area contributed by atoms with E-state index in [4.69, 9.17) is 5.73 Å². The predicted molar refractivity (Wildman–Crippen MR) is 82.1 cm³/mol. The van der Waals surface area contributed by atoms with Gasteiger partial charge in [-0.05, 0) is 42.8 Å². The van der Waals surface area contributed by atoms with Crippen molar-refractivity contribution in [2.24, 2.45) is 0 Å². The first-order valence-corrected chi connectivity index (χ1v) is 6.76. The Morgan fingerprint density at radius 1 is 1.10 bits per heavy atom. The lowest BCUT2D eigenvalue weighted by molar-refractivity contribution is 0.0987. The molecule has 0 saturated carbocycles. The normalized spacial score (nSPS) is 14.1. The van der Waals surface area contributed by atoms with Gasteiger partial charge in [0.15, 0.2) is 0 Å². The Balaban J connectivity index is 1.97. The van der Waals surface area contributed by atoms with Crippen molar-refractivity contribution in [3.8, 4) is 0 Å². The Hall–Kier alpha value is -2.49.